The Morgan fingerprint density at radius 1 is 1.11 bits per heavy atom. The predicted molar refractivity (Wildman–Crippen MR) is 80.4 cm³/mol. The molecule has 0 spiro atoms. The van der Waals surface area contributed by atoms with Crippen molar-refractivity contribution in [3.8, 4) is 11.3 Å². The summed E-state index contributed by atoms with van der Waals surface area (Å²) in [5.41, 5.74) is 5.93. The maximum Gasteiger partial charge on any atom is 0.0731 e. The minimum Gasteiger partial charge on any atom is -0.358 e. The molecule has 3 aromatic rings. The van der Waals surface area contributed by atoms with Crippen molar-refractivity contribution in [2.24, 2.45) is 0 Å². The summed E-state index contributed by atoms with van der Waals surface area (Å²) in [6.45, 7) is 6.51. The number of nitrogens with zero attached hydrogens (tertiary/aromatic N) is 1. The van der Waals surface area contributed by atoms with Crippen molar-refractivity contribution in [2.75, 3.05) is 0 Å². The zero-order valence-electron chi connectivity index (χ0n) is 11.6. The molecule has 0 unspecified atom stereocenters. The second kappa shape index (κ2) is 4.54. The standard InChI is InChI=1S/C17H18N2/c1-11(2)16-10-14-9-13(6-7-15(14)19-16)17-12(3)5-4-8-18-17/h4-11,19H,1-3H3. The minimum absolute atomic E-state index is 0.521. The molecule has 2 heterocycles. The molecule has 0 aliphatic rings. The third-order valence-corrected chi connectivity index (χ3v) is 3.55. The van der Waals surface area contributed by atoms with Crippen LogP contribution in [0.1, 0.15) is 31.0 Å². The van der Waals surface area contributed by atoms with Gasteiger partial charge in [0.15, 0.2) is 0 Å². The Morgan fingerprint density at radius 3 is 2.68 bits per heavy atom. The fraction of sp³-hybridized carbons (Fsp3) is 0.235. The maximum absolute atomic E-state index is 4.49. The molecular formula is C17H18N2. The van der Waals surface area contributed by atoms with Gasteiger partial charge in [-0.15, -0.1) is 0 Å². The van der Waals surface area contributed by atoms with E-state index in [4.69, 9.17) is 0 Å². The summed E-state index contributed by atoms with van der Waals surface area (Å²) >= 11 is 0. The number of rotatable bonds is 2. The summed E-state index contributed by atoms with van der Waals surface area (Å²) in [6, 6.07) is 12.8. The third kappa shape index (κ3) is 2.14. The number of nitrogens with one attached hydrogen (secondary N) is 1. The Bertz CT molecular complexity index is 723. The van der Waals surface area contributed by atoms with Gasteiger partial charge in [-0.25, -0.2) is 0 Å². The van der Waals surface area contributed by atoms with Crippen LogP contribution in [0.4, 0.5) is 0 Å². The monoisotopic (exact) mass is 250 g/mol. The van der Waals surface area contributed by atoms with Crippen LogP contribution in [-0.4, -0.2) is 9.97 Å². The Morgan fingerprint density at radius 2 is 1.95 bits per heavy atom. The molecule has 2 heteroatoms. The Labute approximate surface area is 113 Å². The fourth-order valence-electron chi connectivity index (χ4n) is 2.40. The highest BCUT2D eigenvalue weighted by molar-refractivity contribution is 5.85. The number of aryl methyl sites for hydroxylation is 1. The van der Waals surface area contributed by atoms with Gasteiger partial charge in [-0.1, -0.05) is 26.0 Å². The van der Waals surface area contributed by atoms with Crippen molar-refractivity contribution >= 4 is 10.9 Å². The molecule has 96 valence electrons. The number of benzene rings is 1. The van der Waals surface area contributed by atoms with Gasteiger partial charge < -0.3 is 4.98 Å². The molecule has 0 bridgehead atoms. The van der Waals surface area contributed by atoms with Gasteiger partial charge in [-0.3, -0.25) is 4.98 Å². The molecule has 0 saturated heterocycles. The summed E-state index contributed by atoms with van der Waals surface area (Å²) in [6.07, 6.45) is 1.85. The Kier molecular flexibility index (Phi) is 2.86. The molecule has 1 N–H and O–H groups in total. The average Bonchev–Trinajstić information content (AvgIpc) is 2.82. The predicted octanol–water partition coefficient (Wildman–Crippen LogP) is 4.66. The number of aromatic nitrogens is 2. The second-order valence-corrected chi connectivity index (χ2v) is 5.35. The quantitative estimate of drug-likeness (QED) is 0.704. The molecule has 0 fully saturated rings. The van der Waals surface area contributed by atoms with Gasteiger partial charge in [0.1, 0.15) is 0 Å². The van der Waals surface area contributed by atoms with Crippen LogP contribution in [0.25, 0.3) is 22.2 Å². The largest absolute Gasteiger partial charge is 0.358 e. The van der Waals surface area contributed by atoms with Crippen molar-refractivity contribution < 1.29 is 0 Å². The molecule has 3 rings (SSSR count). The van der Waals surface area contributed by atoms with Crippen molar-refractivity contribution in [2.45, 2.75) is 26.7 Å². The number of hydrogen-bond acceptors (Lipinski definition) is 1. The fourth-order valence-corrected chi connectivity index (χ4v) is 2.40. The van der Waals surface area contributed by atoms with E-state index >= 15 is 0 Å². The lowest BCUT2D eigenvalue weighted by Gasteiger charge is -2.04. The zero-order valence-corrected chi connectivity index (χ0v) is 11.6. The first-order chi connectivity index (χ1) is 9.15. The summed E-state index contributed by atoms with van der Waals surface area (Å²) < 4.78 is 0. The van der Waals surface area contributed by atoms with E-state index < -0.39 is 0 Å². The molecule has 0 atom stereocenters. The van der Waals surface area contributed by atoms with Gasteiger partial charge >= 0.3 is 0 Å². The molecule has 19 heavy (non-hydrogen) atoms. The number of fused-ring (bicyclic) bond motifs is 1. The van der Waals surface area contributed by atoms with Crippen LogP contribution >= 0.6 is 0 Å². The van der Waals surface area contributed by atoms with Crippen molar-refractivity contribution in [3.63, 3.8) is 0 Å². The summed E-state index contributed by atoms with van der Waals surface area (Å²) in [4.78, 5) is 7.95. The van der Waals surface area contributed by atoms with Crippen LogP contribution < -0.4 is 0 Å². The highest BCUT2D eigenvalue weighted by Crippen LogP contribution is 2.27. The van der Waals surface area contributed by atoms with Crippen LogP contribution in [0.15, 0.2) is 42.6 Å². The van der Waals surface area contributed by atoms with Crippen molar-refractivity contribution in [1.29, 1.82) is 0 Å². The molecule has 2 aromatic heterocycles. The van der Waals surface area contributed by atoms with E-state index in [9.17, 15) is 0 Å². The van der Waals surface area contributed by atoms with Crippen LogP contribution in [0, 0.1) is 6.92 Å². The van der Waals surface area contributed by atoms with Crippen LogP contribution in [-0.2, 0) is 0 Å². The van der Waals surface area contributed by atoms with E-state index in [-0.39, 0.29) is 0 Å². The lowest BCUT2D eigenvalue weighted by atomic mass is 10.0. The lowest BCUT2D eigenvalue weighted by Crippen LogP contribution is -1.86. The highest BCUT2D eigenvalue weighted by Gasteiger charge is 2.07. The summed E-state index contributed by atoms with van der Waals surface area (Å²) in [7, 11) is 0. The zero-order chi connectivity index (χ0) is 13.4. The lowest BCUT2D eigenvalue weighted by molar-refractivity contribution is 0.836. The van der Waals surface area contributed by atoms with Gasteiger partial charge in [0.05, 0.1) is 5.69 Å². The first kappa shape index (κ1) is 12.0. The van der Waals surface area contributed by atoms with E-state index in [1.165, 1.54) is 27.7 Å². The van der Waals surface area contributed by atoms with Gasteiger partial charge in [0.2, 0.25) is 0 Å². The smallest absolute Gasteiger partial charge is 0.0731 e. The van der Waals surface area contributed by atoms with E-state index in [0.29, 0.717) is 5.92 Å². The topological polar surface area (TPSA) is 28.7 Å². The number of aromatic amines is 1. The van der Waals surface area contributed by atoms with Crippen LogP contribution in [0.5, 0.6) is 0 Å². The number of hydrogen-bond donors (Lipinski definition) is 1. The highest BCUT2D eigenvalue weighted by atomic mass is 14.7. The van der Waals surface area contributed by atoms with Crippen LogP contribution in [0.3, 0.4) is 0 Å². The molecule has 2 nitrogen and oxygen atoms in total. The maximum atomic E-state index is 4.49. The van der Waals surface area contributed by atoms with Crippen molar-refractivity contribution in [3.05, 3.63) is 53.9 Å². The normalized spacial score (nSPS) is 11.4. The number of pyridine rings is 1. The molecular weight excluding hydrogens is 232 g/mol. The second-order valence-electron chi connectivity index (χ2n) is 5.35. The first-order valence-corrected chi connectivity index (χ1v) is 6.70. The molecule has 0 aliphatic carbocycles. The van der Waals surface area contributed by atoms with Crippen molar-refractivity contribution in [1.82, 2.24) is 9.97 Å². The molecule has 1 aromatic carbocycles. The third-order valence-electron chi connectivity index (χ3n) is 3.55. The number of H-pyrrole nitrogens is 1. The van der Waals surface area contributed by atoms with Gasteiger partial charge in [-0.05, 0) is 42.7 Å². The van der Waals surface area contributed by atoms with Gasteiger partial charge in [0, 0.05) is 28.4 Å². The van der Waals surface area contributed by atoms with Crippen LogP contribution in [0.2, 0.25) is 0 Å². The summed E-state index contributed by atoms with van der Waals surface area (Å²) in [5.74, 6) is 0.521. The minimum atomic E-state index is 0.521. The molecule has 0 amide bonds. The molecule has 0 aliphatic heterocycles. The molecule has 0 radical (unpaired) electrons. The Hall–Kier alpha value is -2.09. The van der Waals surface area contributed by atoms with Gasteiger partial charge in [0.25, 0.3) is 0 Å². The van der Waals surface area contributed by atoms with E-state index in [1.807, 2.05) is 12.3 Å². The Balaban J connectivity index is 2.14. The van der Waals surface area contributed by atoms with E-state index in [1.54, 1.807) is 0 Å². The first-order valence-electron chi connectivity index (χ1n) is 6.70. The average molecular weight is 250 g/mol. The van der Waals surface area contributed by atoms with Gasteiger partial charge in [-0.2, -0.15) is 0 Å². The molecule has 0 saturated carbocycles. The van der Waals surface area contributed by atoms with E-state index in [0.717, 1.165) is 5.69 Å². The summed E-state index contributed by atoms with van der Waals surface area (Å²) in [5, 5.41) is 1.26. The van der Waals surface area contributed by atoms with E-state index in [2.05, 4.69) is 61.1 Å². The SMILES string of the molecule is Cc1cccnc1-c1ccc2[nH]c(C(C)C)cc2c1.